The number of halogens is 2. The Kier molecular flexibility index (Phi) is 5.97. The van der Waals surface area contributed by atoms with Gasteiger partial charge in [0.1, 0.15) is 23.5 Å². The number of anilines is 1. The smallest absolute Gasteiger partial charge is 0.220 e. The van der Waals surface area contributed by atoms with E-state index in [0.717, 1.165) is 56.0 Å². The molecule has 206 valence electrons. The van der Waals surface area contributed by atoms with E-state index >= 15 is 0 Å². The van der Waals surface area contributed by atoms with Crippen molar-refractivity contribution in [2.75, 3.05) is 44.2 Å². The molecule has 1 aromatic carbocycles. The maximum Gasteiger partial charge on any atom is 0.220 e. The van der Waals surface area contributed by atoms with Crippen LogP contribution in [0.25, 0.3) is 22.5 Å². The summed E-state index contributed by atoms with van der Waals surface area (Å²) in [5.74, 6) is 0.894. The lowest BCUT2D eigenvalue weighted by molar-refractivity contribution is 0.193. The molecule has 2 N–H and O–H groups in total. The minimum absolute atomic E-state index is 0.255. The molecule has 0 bridgehead atoms. The maximum absolute atomic E-state index is 14.8. The van der Waals surface area contributed by atoms with Gasteiger partial charge in [0.25, 0.3) is 0 Å². The molecule has 3 aliphatic rings. The molecule has 13 heteroatoms. The zero-order chi connectivity index (χ0) is 27.5. The van der Waals surface area contributed by atoms with Crippen molar-refractivity contribution in [3.8, 4) is 11.5 Å². The molecule has 0 spiro atoms. The summed E-state index contributed by atoms with van der Waals surface area (Å²) in [5, 5.41) is 10.1. The first-order chi connectivity index (χ1) is 19.4. The van der Waals surface area contributed by atoms with Crippen LogP contribution in [0.1, 0.15) is 24.4 Å². The van der Waals surface area contributed by atoms with Gasteiger partial charge in [-0.05, 0) is 32.0 Å². The number of rotatable bonds is 5. The Bertz CT molecular complexity index is 1660. The van der Waals surface area contributed by atoms with Gasteiger partial charge in [0, 0.05) is 62.6 Å². The Hall–Kier alpha value is -4.03. The average Bonchev–Trinajstić information content (AvgIpc) is 3.63. The van der Waals surface area contributed by atoms with E-state index in [1.165, 1.54) is 6.07 Å². The zero-order valence-electron chi connectivity index (χ0n) is 22.1. The van der Waals surface area contributed by atoms with Crippen LogP contribution in [-0.2, 0) is 0 Å². The van der Waals surface area contributed by atoms with E-state index in [0.29, 0.717) is 33.6 Å². The van der Waals surface area contributed by atoms with Crippen molar-refractivity contribution in [3.05, 3.63) is 64.6 Å². The fourth-order valence-electron chi connectivity index (χ4n) is 5.82. The van der Waals surface area contributed by atoms with Crippen LogP contribution in [-0.4, -0.2) is 86.1 Å². The number of hydrogen-bond donors (Lipinski definition) is 1. The lowest BCUT2D eigenvalue weighted by Gasteiger charge is -2.38. The molecule has 40 heavy (non-hydrogen) atoms. The van der Waals surface area contributed by atoms with E-state index in [2.05, 4.69) is 29.9 Å². The fraction of sp³-hybridized carbons (Fsp3) is 0.370. The van der Waals surface area contributed by atoms with Gasteiger partial charge in [0.2, 0.25) is 11.8 Å². The number of aliphatic imine (C=N–C) groups is 1. The fourth-order valence-corrected chi connectivity index (χ4v) is 6.14. The molecule has 4 aromatic rings. The molecule has 11 nitrogen and oxygen atoms in total. The number of hydrogen-bond acceptors (Lipinski definition) is 10. The van der Waals surface area contributed by atoms with Gasteiger partial charge in [0.05, 0.1) is 22.3 Å². The van der Waals surface area contributed by atoms with Gasteiger partial charge in [0.15, 0.2) is 5.58 Å². The van der Waals surface area contributed by atoms with Crippen LogP contribution in [0.4, 0.5) is 10.1 Å². The van der Waals surface area contributed by atoms with Crippen LogP contribution in [0, 0.1) is 12.7 Å². The van der Waals surface area contributed by atoms with E-state index in [-0.39, 0.29) is 23.9 Å². The van der Waals surface area contributed by atoms with Crippen LogP contribution >= 0.6 is 11.6 Å². The van der Waals surface area contributed by atoms with Crippen molar-refractivity contribution in [1.82, 2.24) is 34.7 Å². The van der Waals surface area contributed by atoms with Crippen LogP contribution < -0.4 is 10.6 Å². The molecule has 1 fully saturated rings. The van der Waals surface area contributed by atoms with Crippen LogP contribution in [0.3, 0.4) is 0 Å². The topological polar surface area (TPSA) is 118 Å². The SMILES string of the molecule is CC1=C(Cl)C2c3nc(-c4ccccn4)nn3C(N)=NC2N1CCN1CCN(c2cc3c(C)noc3cc2F)CC1. The molecule has 0 amide bonds. The molecule has 3 aromatic heterocycles. The van der Waals surface area contributed by atoms with Crippen molar-refractivity contribution >= 4 is 34.2 Å². The first kappa shape index (κ1) is 25.0. The summed E-state index contributed by atoms with van der Waals surface area (Å²) in [6.07, 6.45) is 1.42. The monoisotopic (exact) mass is 562 g/mol. The molecular weight excluding hydrogens is 535 g/mol. The van der Waals surface area contributed by atoms with Crippen molar-refractivity contribution in [1.29, 1.82) is 0 Å². The lowest BCUT2D eigenvalue weighted by Crippen LogP contribution is -2.49. The second-order valence-electron chi connectivity index (χ2n) is 10.3. The predicted molar refractivity (Wildman–Crippen MR) is 149 cm³/mol. The molecule has 7 rings (SSSR count). The largest absolute Gasteiger partial charge is 0.368 e. The van der Waals surface area contributed by atoms with E-state index in [1.54, 1.807) is 10.9 Å². The number of piperazine rings is 1. The summed E-state index contributed by atoms with van der Waals surface area (Å²) < 4.78 is 21.6. The quantitative estimate of drug-likeness (QED) is 0.391. The molecular formula is C27H28ClFN10O. The molecule has 1 saturated heterocycles. The van der Waals surface area contributed by atoms with Gasteiger partial charge in [-0.1, -0.05) is 22.8 Å². The van der Waals surface area contributed by atoms with Crippen LogP contribution in [0.2, 0.25) is 0 Å². The van der Waals surface area contributed by atoms with Crippen LogP contribution in [0.5, 0.6) is 0 Å². The number of pyridine rings is 1. The highest BCUT2D eigenvalue weighted by molar-refractivity contribution is 6.31. The molecule has 0 aliphatic carbocycles. The Morgan fingerprint density at radius 2 is 1.95 bits per heavy atom. The molecule has 2 unspecified atom stereocenters. The Labute approximate surface area is 234 Å². The minimum atomic E-state index is -0.289. The van der Waals surface area contributed by atoms with Gasteiger partial charge < -0.3 is 20.1 Å². The van der Waals surface area contributed by atoms with Gasteiger partial charge >= 0.3 is 0 Å². The lowest BCUT2D eigenvalue weighted by atomic mass is 10.1. The number of fused-ring (bicyclic) bond motifs is 4. The highest BCUT2D eigenvalue weighted by atomic mass is 35.5. The zero-order valence-corrected chi connectivity index (χ0v) is 22.9. The third-order valence-corrected chi connectivity index (χ3v) is 8.55. The molecule has 2 atom stereocenters. The minimum Gasteiger partial charge on any atom is -0.368 e. The Balaban J connectivity index is 1.04. The summed E-state index contributed by atoms with van der Waals surface area (Å²) in [4.78, 5) is 20.6. The van der Waals surface area contributed by atoms with E-state index in [9.17, 15) is 4.39 Å². The third kappa shape index (κ3) is 4.01. The number of aromatic nitrogens is 5. The van der Waals surface area contributed by atoms with Gasteiger partial charge in [-0.2, -0.15) is 4.68 Å². The number of nitrogens with zero attached hydrogens (tertiary/aromatic N) is 9. The van der Waals surface area contributed by atoms with Crippen molar-refractivity contribution in [2.45, 2.75) is 25.9 Å². The van der Waals surface area contributed by atoms with E-state index in [1.807, 2.05) is 38.1 Å². The Morgan fingerprint density at radius 3 is 2.73 bits per heavy atom. The Morgan fingerprint density at radius 1 is 1.12 bits per heavy atom. The summed E-state index contributed by atoms with van der Waals surface area (Å²) in [7, 11) is 0. The maximum atomic E-state index is 14.8. The number of nitrogens with two attached hydrogens (primary N) is 1. The second kappa shape index (κ2) is 9.56. The highest BCUT2D eigenvalue weighted by Crippen LogP contribution is 2.44. The molecule has 3 aliphatic heterocycles. The number of allylic oxidation sites excluding steroid dienone is 1. The normalized spacial score (nSPS) is 21.2. The molecule has 6 heterocycles. The number of benzene rings is 1. The first-order valence-corrected chi connectivity index (χ1v) is 13.6. The van der Waals surface area contributed by atoms with E-state index < -0.39 is 0 Å². The summed E-state index contributed by atoms with van der Waals surface area (Å²) >= 11 is 6.89. The molecule has 0 saturated carbocycles. The number of aryl methyl sites for hydroxylation is 1. The highest BCUT2D eigenvalue weighted by Gasteiger charge is 2.45. The molecule has 0 radical (unpaired) electrons. The summed E-state index contributed by atoms with van der Waals surface area (Å²) in [5.41, 5.74) is 9.80. The summed E-state index contributed by atoms with van der Waals surface area (Å²) in [6, 6.07) is 8.87. The van der Waals surface area contributed by atoms with Gasteiger partial charge in [-0.25, -0.2) is 14.4 Å². The van der Waals surface area contributed by atoms with E-state index in [4.69, 9.17) is 31.8 Å². The van der Waals surface area contributed by atoms with Gasteiger partial charge in [-0.3, -0.25) is 9.88 Å². The first-order valence-electron chi connectivity index (χ1n) is 13.3. The van der Waals surface area contributed by atoms with Crippen molar-refractivity contribution in [3.63, 3.8) is 0 Å². The second-order valence-corrected chi connectivity index (χ2v) is 10.7. The van der Waals surface area contributed by atoms with Crippen molar-refractivity contribution in [2.24, 2.45) is 10.7 Å². The predicted octanol–water partition coefficient (Wildman–Crippen LogP) is 3.12. The third-order valence-electron chi connectivity index (χ3n) is 8.04. The average molecular weight is 563 g/mol. The van der Waals surface area contributed by atoms with Crippen molar-refractivity contribution < 1.29 is 8.91 Å². The standard InChI is InChI=1S/C27H28ClFN10O/c1-15-17-13-20(18(29)14-21(17)40-35-15)37-10-7-36(8-11-37)9-12-38-16(2)23(28)22-25(38)33-27(30)39-26(22)32-24(34-39)19-5-3-4-6-31-19/h3-6,13-14,22,25H,7-12H2,1-2H3,(H2,30,33). The van der Waals surface area contributed by atoms with Gasteiger partial charge in [-0.15, -0.1) is 5.10 Å². The van der Waals surface area contributed by atoms with Crippen LogP contribution in [0.15, 0.2) is 56.8 Å². The summed E-state index contributed by atoms with van der Waals surface area (Å²) in [6.45, 7) is 8.48.